The van der Waals surface area contributed by atoms with Gasteiger partial charge in [-0.2, -0.15) is 0 Å². The van der Waals surface area contributed by atoms with E-state index in [4.69, 9.17) is 10.1 Å². The van der Waals surface area contributed by atoms with Crippen LogP contribution >= 0.6 is 15.9 Å². The molecule has 0 aliphatic heterocycles. The van der Waals surface area contributed by atoms with Gasteiger partial charge in [0.2, 0.25) is 0 Å². The smallest absolute Gasteiger partial charge is 0.352 e. The fourth-order valence-corrected chi connectivity index (χ4v) is 0.933. The Morgan fingerprint density at radius 3 is 2.33 bits per heavy atom. The van der Waals surface area contributed by atoms with Gasteiger partial charge in [0.25, 0.3) is 0 Å². The maximum absolute atomic E-state index is 11.1. The zero-order valence-electron chi connectivity index (χ0n) is 7.61. The predicted octanol–water partition coefficient (Wildman–Crippen LogP) is 2.13. The van der Waals surface area contributed by atoms with Crippen molar-refractivity contribution in [3.8, 4) is 0 Å². The summed E-state index contributed by atoms with van der Waals surface area (Å²) in [6.45, 7) is 5.35. The zero-order chi connectivity index (χ0) is 9.78. The molecule has 0 heterocycles. The molecule has 0 rings (SSSR count). The van der Waals surface area contributed by atoms with E-state index in [1.165, 1.54) is 0 Å². The molecule has 0 fully saturated rings. The lowest BCUT2D eigenvalue weighted by molar-refractivity contribution is -0.146. The third-order valence-corrected chi connectivity index (χ3v) is 1.39. The second-order valence-electron chi connectivity index (χ2n) is 3.42. The van der Waals surface area contributed by atoms with Gasteiger partial charge in [-0.1, -0.05) is 15.9 Å². The van der Waals surface area contributed by atoms with Crippen LogP contribution in [0.25, 0.3) is 0 Å². The Bertz CT molecular complexity index is 184. The lowest BCUT2D eigenvalue weighted by Crippen LogP contribution is -2.28. The summed E-state index contributed by atoms with van der Waals surface area (Å²) in [7, 11) is 0. The van der Waals surface area contributed by atoms with Crippen LogP contribution in [0, 0.1) is 5.41 Å². The van der Waals surface area contributed by atoms with Crippen molar-refractivity contribution < 1.29 is 9.53 Å². The van der Waals surface area contributed by atoms with Crippen LogP contribution in [0.15, 0.2) is 0 Å². The Morgan fingerprint density at radius 2 is 2.00 bits per heavy atom. The summed E-state index contributed by atoms with van der Waals surface area (Å²) >= 11 is 3.15. The van der Waals surface area contributed by atoms with Crippen LogP contribution in [0.1, 0.15) is 27.2 Å². The van der Waals surface area contributed by atoms with E-state index < -0.39 is 11.6 Å². The number of halogens is 1. The van der Waals surface area contributed by atoms with Gasteiger partial charge in [0.05, 0.1) is 0 Å². The van der Waals surface area contributed by atoms with Crippen molar-refractivity contribution in [1.82, 2.24) is 0 Å². The van der Waals surface area contributed by atoms with Gasteiger partial charge in [-0.15, -0.1) is 0 Å². The van der Waals surface area contributed by atoms with E-state index in [0.717, 1.165) is 0 Å². The highest BCUT2D eigenvalue weighted by molar-refractivity contribution is 9.09. The fourth-order valence-electron chi connectivity index (χ4n) is 0.536. The van der Waals surface area contributed by atoms with Gasteiger partial charge in [-0.25, -0.2) is 4.79 Å². The summed E-state index contributed by atoms with van der Waals surface area (Å²) in [5, 5.41) is 7.89. The first-order valence-electron chi connectivity index (χ1n) is 3.73. The third-order valence-electron chi connectivity index (χ3n) is 0.990. The van der Waals surface area contributed by atoms with E-state index in [2.05, 4.69) is 15.9 Å². The van der Waals surface area contributed by atoms with E-state index >= 15 is 0 Å². The van der Waals surface area contributed by atoms with Crippen molar-refractivity contribution in [2.45, 2.75) is 32.8 Å². The molecule has 0 aromatic rings. The molecule has 0 saturated carbocycles. The molecule has 0 amide bonds. The SMILES string of the molecule is CC(C)(C)OC(=O)C(=N)CCBr. The summed E-state index contributed by atoms with van der Waals surface area (Å²) in [5.41, 5.74) is -0.489. The molecule has 0 bridgehead atoms. The van der Waals surface area contributed by atoms with Crippen LogP contribution in [-0.2, 0) is 9.53 Å². The molecule has 70 valence electrons. The predicted molar refractivity (Wildman–Crippen MR) is 52.0 cm³/mol. The Balaban J connectivity index is 3.97. The van der Waals surface area contributed by atoms with Crippen LogP contribution in [0.2, 0.25) is 0 Å². The molecule has 0 aliphatic carbocycles. The number of carbonyl (C=O) groups excluding carboxylic acids is 1. The molecule has 0 unspecified atom stereocenters. The van der Waals surface area contributed by atoms with Gasteiger partial charge in [-0.3, -0.25) is 5.41 Å². The van der Waals surface area contributed by atoms with Gasteiger partial charge in [0, 0.05) is 11.8 Å². The second kappa shape index (κ2) is 4.60. The number of ether oxygens (including phenoxy) is 1. The average molecular weight is 236 g/mol. The quantitative estimate of drug-likeness (QED) is 0.463. The molecular formula is C8H14BrNO2. The third kappa shape index (κ3) is 5.29. The summed E-state index contributed by atoms with van der Waals surface area (Å²) < 4.78 is 4.97. The van der Waals surface area contributed by atoms with Crippen LogP contribution in [0.3, 0.4) is 0 Å². The van der Waals surface area contributed by atoms with Gasteiger partial charge in [-0.05, 0) is 20.8 Å². The first-order chi connectivity index (χ1) is 5.37. The molecule has 0 aliphatic rings. The molecule has 4 heteroatoms. The highest BCUT2D eigenvalue weighted by Gasteiger charge is 2.19. The molecule has 0 aromatic heterocycles. The number of nitrogens with one attached hydrogen (secondary N) is 1. The lowest BCUT2D eigenvalue weighted by Gasteiger charge is -2.19. The highest BCUT2D eigenvalue weighted by Crippen LogP contribution is 2.08. The number of hydrogen-bond donors (Lipinski definition) is 1. The molecule has 0 atom stereocenters. The zero-order valence-corrected chi connectivity index (χ0v) is 9.19. The number of hydrogen-bond acceptors (Lipinski definition) is 3. The molecule has 0 radical (unpaired) electrons. The minimum absolute atomic E-state index is 0.0156. The topological polar surface area (TPSA) is 50.2 Å². The summed E-state index contributed by atoms with van der Waals surface area (Å²) in [6.07, 6.45) is 0.412. The second-order valence-corrected chi connectivity index (χ2v) is 4.21. The van der Waals surface area contributed by atoms with Gasteiger partial charge in [0.15, 0.2) is 0 Å². The average Bonchev–Trinajstić information content (AvgIpc) is 1.84. The molecule has 3 nitrogen and oxygen atoms in total. The van der Waals surface area contributed by atoms with Crippen molar-refractivity contribution in [3.63, 3.8) is 0 Å². The fraction of sp³-hybridized carbons (Fsp3) is 0.750. The maximum Gasteiger partial charge on any atom is 0.352 e. The first kappa shape index (κ1) is 11.6. The monoisotopic (exact) mass is 235 g/mol. The summed E-state index contributed by atoms with van der Waals surface area (Å²) in [6, 6.07) is 0. The van der Waals surface area contributed by atoms with Crippen LogP contribution < -0.4 is 0 Å². The van der Waals surface area contributed by atoms with E-state index in [1.807, 2.05) is 0 Å². The number of esters is 1. The van der Waals surface area contributed by atoms with E-state index in [1.54, 1.807) is 20.8 Å². The van der Waals surface area contributed by atoms with Crippen LogP contribution in [0.4, 0.5) is 0 Å². The van der Waals surface area contributed by atoms with Crippen molar-refractivity contribution in [1.29, 1.82) is 5.41 Å². The first-order valence-corrected chi connectivity index (χ1v) is 4.85. The van der Waals surface area contributed by atoms with Crippen LogP contribution in [-0.4, -0.2) is 22.6 Å². The number of rotatable bonds is 3. The minimum Gasteiger partial charge on any atom is -0.456 e. The minimum atomic E-state index is -0.526. The highest BCUT2D eigenvalue weighted by atomic mass is 79.9. The lowest BCUT2D eigenvalue weighted by atomic mass is 10.2. The number of carbonyl (C=O) groups is 1. The molecule has 0 saturated heterocycles. The normalized spacial score (nSPS) is 11.0. The number of alkyl halides is 1. The van der Waals surface area contributed by atoms with Gasteiger partial charge < -0.3 is 4.74 Å². The molecular weight excluding hydrogens is 222 g/mol. The maximum atomic E-state index is 11.1. The Hall–Kier alpha value is -0.380. The molecule has 12 heavy (non-hydrogen) atoms. The Morgan fingerprint density at radius 1 is 1.50 bits per heavy atom. The van der Waals surface area contributed by atoms with Gasteiger partial charge in [0.1, 0.15) is 11.3 Å². The summed E-state index contributed by atoms with van der Waals surface area (Å²) in [5.74, 6) is -0.526. The molecule has 0 spiro atoms. The van der Waals surface area contributed by atoms with E-state index in [-0.39, 0.29) is 5.71 Å². The Kier molecular flexibility index (Phi) is 4.45. The summed E-state index contributed by atoms with van der Waals surface area (Å²) in [4.78, 5) is 11.1. The standard InChI is InChI=1S/C8H14BrNO2/c1-8(2,3)12-7(11)6(10)4-5-9/h10H,4-5H2,1-3H3. The van der Waals surface area contributed by atoms with E-state index in [9.17, 15) is 4.79 Å². The molecule has 0 aromatic carbocycles. The van der Waals surface area contributed by atoms with Crippen molar-refractivity contribution in [2.24, 2.45) is 0 Å². The van der Waals surface area contributed by atoms with Crippen molar-refractivity contribution in [2.75, 3.05) is 5.33 Å². The Labute approximate surface area is 81.1 Å². The largest absolute Gasteiger partial charge is 0.456 e. The van der Waals surface area contributed by atoms with Crippen molar-refractivity contribution in [3.05, 3.63) is 0 Å². The molecule has 1 N–H and O–H groups in total. The van der Waals surface area contributed by atoms with E-state index in [0.29, 0.717) is 11.8 Å². The van der Waals surface area contributed by atoms with Crippen LogP contribution in [0.5, 0.6) is 0 Å². The van der Waals surface area contributed by atoms with Crippen molar-refractivity contribution >= 4 is 27.6 Å². The van der Waals surface area contributed by atoms with Gasteiger partial charge >= 0.3 is 5.97 Å².